The molecule has 5 nitrogen and oxygen atoms in total. The second-order valence-electron chi connectivity index (χ2n) is 4.51. The van der Waals surface area contributed by atoms with Crippen LogP contribution in [0, 0.1) is 23.0 Å². The van der Waals surface area contributed by atoms with E-state index < -0.39 is 17.7 Å². The lowest BCUT2D eigenvalue weighted by atomic mass is 10.3. The second-order valence-corrected chi connectivity index (χ2v) is 4.51. The number of hydrogen-bond acceptors (Lipinski definition) is 3. The number of benzene rings is 1. The molecular formula is C13H14F2N4O. The van der Waals surface area contributed by atoms with Crippen LogP contribution in [0.3, 0.4) is 0 Å². The highest BCUT2D eigenvalue weighted by atomic mass is 19.1. The highest BCUT2D eigenvalue weighted by molar-refractivity contribution is 5.89. The lowest BCUT2D eigenvalue weighted by Crippen LogP contribution is -2.50. The third-order valence-electron chi connectivity index (χ3n) is 3.07. The molecule has 0 saturated carbocycles. The van der Waals surface area contributed by atoms with Crippen LogP contribution in [-0.4, -0.2) is 48.6 Å². The molecule has 0 spiro atoms. The molecule has 0 aliphatic carbocycles. The maximum absolute atomic E-state index is 13.0. The van der Waals surface area contributed by atoms with Gasteiger partial charge in [-0.25, -0.2) is 13.6 Å². The average molecular weight is 280 g/mol. The molecule has 1 aromatic carbocycles. The van der Waals surface area contributed by atoms with E-state index in [0.717, 1.165) is 18.2 Å². The van der Waals surface area contributed by atoms with Crippen LogP contribution in [0.15, 0.2) is 18.2 Å². The Labute approximate surface area is 115 Å². The maximum atomic E-state index is 13.0. The molecule has 2 rings (SSSR count). The molecule has 106 valence electrons. The first kappa shape index (κ1) is 14.2. The van der Waals surface area contributed by atoms with E-state index in [1.54, 1.807) is 4.90 Å². The van der Waals surface area contributed by atoms with E-state index in [1.165, 1.54) is 0 Å². The zero-order chi connectivity index (χ0) is 14.5. The van der Waals surface area contributed by atoms with Gasteiger partial charge in [-0.05, 0) is 12.1 Å². The maximum Gasteiger partial charge on any atom is 0.321 e. The molecule has 0 bridgehead atoms. The van der Waals surface area contributed by atoms with Gasteiger partial charge in [0.1, 0.15) is 11.6 Å². The van der Waals surface area contributed by atoms with E-state index in [0.29, 0.717) is 32.7 Å². The van der Waals surface area contributed by atoms with Crippen LogP contribution in [-0.2, 0) is 0 Å². The van der Waals surface area contributed by atoms with Crippen molar-refractivity contribution in [3.05, 3.63) is 29.8 Å². The highest BCUT2D eigenvalue weighted by Crippen LogP contribution is 2.14. The van der Waals surface area contributed by atoms with Gasteiger partial charge in [0.05, 0.1) is 12.6 Å². The molecule has 2 amide bonds. The molecule has 1 saturated heterocycles. The van der Waals surface area contributed by atoms with Crippen LogP contribution >= 0.6 is 0 Å². The minimum atomic E-state index is -0.737. The van der Waals surface area contributed by atoms with Crippen LogP contribution in [0.25, 0.3) is 0 Å². The number of carbonyl (C=O) groups excluding carboxylic acids is 1. The SMILES string of the molecule is N#CCN1CCN(C(=O)Nc2cc(F)cc(F)c2)CC1. The van der Waals surface area contributed by atoms with Crippen molar-refractivity contribution in [2.24, 2.45) is 0 Å². The Morgan fingerprint density at radius 2 is 1.80 bits per heavy atom. The molecule has 1 N–H and O–H groups in total. The molecule has 0 radical (unpaired) electrons. The van der Waals surface area contributed by atoms with Gasteiger partial charge in [-0.15, -0.1) is 0 Å². The van der Waals surface area contributed by atoms with E-state index in [2.05, 4.69) is 11.4 Å². The first-order chi connectivity index (χ1) is 9.58. The van der Waals surface area contributed by atoms with Gasteiger partial charge in [-0.3, -0.25) is 4.90 Å². The summed E-state index contributed by atoms with van der Waals surface area (Å²) in [5.74, 6) is -1.47. The lowest BCUT2D eigenvalue weighted by Gasteiger charge is -2.33. The molecule has 0 unspecified atom stereocenters. The number of hydrogen-bond donors (Lipinski definition) is 1. The normalized spacial score (nSPS) is 15.8. The summed E-state index contributed by atoms with van der Waals surface area (Å²) in [7, 11) is 0. The second kappa shape index (κ2) is 6.30. The summed E-state index contributed by atoms with van der Waals surface area (Å²) in [6.45, 7) is 2.51. The van der Waals surface area contributed by atoms with Crippen LogP contribution in [0.4, 0.5) is 19.3 Å². The predicted octanol–water partition coefficient (Wildman–Crippen LogP) is 1.64. The Balaban J connectivity index is 1.91. The number of amides is 2. The van der Waals surface area contributed by atoms with Crippen molar-refractivity contribution in [2.75, 3.05) is 38.0 Å². The van der Waals surface area contributed by atoms with Gasteiger partial charge >= 0.3 is 6.03 Å². The fraction of sp³-hybridized carbons (Fsp3) is 0.385. The first-order valence-electron chi connectivity index (χ1n) is 6.20. The largest absolute Gasteiger partial charge is 0.322 e. The molecular weight excluding hydrogens is 266 g/mol. The zero-order valence-electron chi connectivity index (χ0n) is 10.8. The topological polar surface area (TPSA) is 59.4 Å². The first-order valence-corrected chi connectivity index (χ1v) is 6.20. The molecule has 0 atom stereocenters. The minimum Gasteiger partial charge on any atom is -0.322 e. The van der Waals surface area contributed by atoms with Gasteiger partial charge in [-0.1, -0.05) is 0 Å². The van der Waals surface area contributed by atoms with Gasteiger partial charge in [0.25, 0.3) is 0 Å². The number of nitrogens with zero attached hydrogens (tertiary/aromatic N) is 3. The van der Waals surface area contributed by atoms with E-state index in [9.17, 15) is 13.6 Å². The van der Waals surface area contributed by atoms with Crippen molar-refractivity contribution in [1.82, 2.24) is 9.80 Å². The van der Waals surface area contributed by atoms with E-state index in [-0.39, 0.29) is 5.69 Å². The van der Waals surface area contributed by atoms with Crippen LogP contribution in [0.2, 0.25) is 0 Å². The Kier molecular flexibility index (Phi) is 4.48. The molecule has 1 heterocycles. The van der Waals surface area contributed by atoms with Crippen molar-refractivity contribution >= 4 is 11.7 Å². The van der Waals surface area contributed by atoms with Crippen molar-refractivity contribution < 1.29 is 13.6 Å². The standard InChI is InChI=1S/C13H14F2N4O/c14-10-7-11(15)9-12(8-10)17-13(20)19-5-3-18(2-1-16)4-6-19/h7-9H,2-6H2,(H,17,20). The van der Waals surface area contributed by atoms with Crippen LogP contribution in [0.5, 0.6) is 0 Å². The number of rotatable bonds is 2. The average Bonchev–Trinajstić information content (AvgIpc) is 2.38. The Morgan fingerprint density at radius 3 is 2.35 bits per heavy atom. The lowest BCUT2D eigenvalue weighted by molar-refractivity contribution is 0.156. The Bertz CT molecular complexity index is 515. The van der Waals surface area contributed by atoms with E-state index >= 15 is 0 Å². The summed E-state index contributed by atoms with van der Waals surface area (Å²) in [4.78, 5) is 15.4. The molecule has 7 heteroatoms. The third-order valence-corrected chi connectivity index (χ3v) is 3.07. The molecule has 20 heavy (non-hydrogen) atoms. The predicted molar refractivity (Wildman–Crippen MR) is 69.0 cm³/mol. The summed E-state index contributed by atoms with van der Waals surface area (Å²) in [6, 6.07) is 4.53. The number of anilines is 1. The summed E-state index contributed by atoms with van der Waals surface area (Å²) < 4.78 is 26.0. The van der Waals surface area contributed by atoms with Crippen molar-refractivity contribution in [3.8, 4) is 6.07 Å². The number of nitrogens with one attached hydrogen (secondary N) is 1. The smallest absolute Gasteiger partial charge is 0.321 e. The molecule has 1 aromatic rings. The highest BCUT2D eigenvalue weighted by Gasteiger charge is 2.20. The zero-order valence-corrected chi connectivity index (χ0v) is 10.8. The van der Waals surface area contributed by atoms with Gasteiger partial charge in [0.15, 0.2) is 0 Å². The van der Waals surface area contributed by atoms with E-state index in [4.69, 9.17) is 5.26 Å². The van der Waals surface area contributed by atoms with Gasteiger partial charge in [0, 0.05) is 37.9 Å². The fourth-order valence-electron chi connectivity index (χ4n) is 2.04. The monoisotopic (exact) mass is 280 g/mol. The quantitative estimate of drug-likeness (QED) is 0.838. The summed E-state index contributed by atoms with van der Waals surface area (Å²) in [5, 5.41) is 11.0. The molecule has 1 aliphatic heterocycles. The van der Waals surface area contributed by atoms with Crippen LogP contribution in [0.1, 0.15) is 0 Å². The molecule has 1 fully saturated rings. The van der Waals surface area contributed by atoms with E-state index in [1.807, 2.05) is 4.90 Å². The number of halogens is 2. The van der Waals surface area contributed by atoms with Gasteiger partial charge in [0.2, 0.25) is 0 Å². The fourth-order valence-corrected chi connectivity index (χ4v) is 2.04. The summed E-state index contributed by atoms with van der Waals surface area (Å²) in [6.07, 6.45) is 0. The number of nitriles is 1. The number of carbonyl (C=O) groups is 1. The Morgan fingerprint density at radius 1 is 1.20 bits per heavy atom. The minimum absolute atomic E-state index is 0.0898. The molecule has 0 aromatic heterocycles. The van der Waals surface area contributed by atoms with Crippen molar-refractivity contribution in [3.63, 3.8) is 0 Å². The number of urea groups is 1. The van der Waals surface area contributed by atoms with Crippen LogP contribution < -0.4 is 5.32 Å². The summed E-state index contributed by atoms with van der Waals surface area (Å²) in [5.41, 5.74) is 0.0898. The van der Waals surface area contributed by atoms with Crippen molar-refractivity contribution in [1.29, 1.82) is 5.26 Å². The van der Waals surface area contributed by atoms with Crippen molar-refractivity contribution in [2.45, 2.75) is 0 Å². The third kappa shape index (κ3) is 3.65. The number of piperazine rings is 1. The Hall–Kier alpha value is -2.20. The van der Waals surface area contributed by atoms with Gasteiger partial charge < -0.3 is 10.2 Å². The molecule has 1 aliphatic rings. The van der Waals surface area contributed by atoms with Gasteiger partial charge in [-0.2, -0.15) is 5.26 Å². The summed E-state index contributed by atoms with van der Waals surface area (Å²) >= 11 is 0.